The molecular weight excluding hydrogens is 288 g/mol. The van der Waals surface area contributed by atoms with Crippen molar-refractivity contribution in [1.29, 1.82) is 0 Å². The van der Waals surface area contributed by atoms with Crippen LogP contribution < -0.4 is 0 Å². The first kappa shape index (κ1) is 17.4. The topological polar surface area (TPSA) is 35.5 Å². The van der Waals surface area contributed by atoms with Gasteiger partial charge in [-0.3, -0.25) is 4.79 Å². The molecule has 0 aromatic rings. The van der Waals surface area contributed by atoms with Crippen LogP contribution in [0.25, 0.3) is 0 Å². The van der Waals surface area contributed by atoms with E-state index in [1.165, 1.54) is 0 Å². The van der Waals surface area contributed by atoms with Gasteiger partial charge in [-0.2, -0.15) is 0 Å². The van der Waals surface area contributed by atoms with Gasteiger partial charge in [-0.25, -0.2) is 0 Å². The van der Waals surface area contributed by atoms with E-state index in [0.717, 1.165) is 12.8 Å². The number of Topliss-reactive ketones (excluding diaryl/α,β-unsaturated/α-hetero) is 1. The predicted octanol–water partition coefficient (Wildman–Crippen LogP) is 4.38. The van der Waals surface area contributed by atoms with Crippen LogP contribution in [0.3, 0.4) is 0 Å². The summed E-state index contributed by atoms with van der Waals surface area (Å²) in [5, 5.41) is 0. The van der Waals surface area contributed by atoms with E-state index in [4.69, 9.17) is 9.47 Å². The normalized spacial score (nSPS) is 44.8. The van der Waals surface area contributed by atoms with E-state index in [1.54, 1.807) is 0 Å². The lowest BCUT2D eigenvalue weighted by molar-refractivity contribution is -0.156. The van der Waals surface area contributed by atoms with Crippen LogP contribution in [0.4, 0.5) is 0 Å². The van der Waals surface area contributed by atoms with Gasteiger partial charge in [-0.05, 0) is 29.1 Å². The second kappa shape index (κ2) is 4.82. The fraction of sp³-hybridized carbons (Fsp3) is 0.950. The maximum absolute atomic E-state index is 12.6. The monoisotopic (exact) mass is 322 g/mol. The Labute approximate surface area is 141 Å². The molecule has 0 aromatic heterocycles. The second-order valence-corrected chi connectivity index (χ2v) is 10.7. The Hall–Kier alpha value is -0.410. The average molecular weight is 322 g/mol. The summed E-state index contributed by atoms with van der Waals surface area (Å²) in [5.41, 5.74) is -0.217. The molecule has 3 fully saturated rings. The van der Waals surface area contributed by atoms with E-state index in [0.29, 0.717) is 31.8 Å². The van der Waals surface area contributed by atoms with Crippen LogP contribution in [-0.4, -0.2) is 30.7 Å². The Bertz CT molecular complexity index is 519. The zero-order valence-electron chi connectivity index (χ0n) is 16.0. The van der Waals surface area contributed by atoms with Crippen LogP contribution in [0.15, 0.2) is 0 Å². The summed E-state index contributed by atoms with van der Waals surface area (Å²) in [4.78, 5) is 12.6. The Morgan fingerprint density at radius 1 is 0.870 bits per heavy atom. The molecular formula is C20H34O3. The zero-order valence-corrected chi connectivity index (χ0v) is 16.0. The maximum atomic E-state index is 12.6. The van der Waals surface area contributed by atoms with Gasteiger partial charge >= 0.3 is 0 Å². The van der Waals surface area contributed by atoms with Crippen molar-refractivity contribution in [2.24, 2.45) is 21.7 Å². The number of carbonyl (C=O) groups is 1. The predicted molar refractivity (Wildman–Crippen MR) is 91.3 cm³/mol. The Balaban J connectivity index is 2.05. The van der Waals surface area contributed by atoms with E-state index >= 15 is 0 Å². The van der Waals surface area contributed by atoms with Crippen molar-refractivity contribution in [3.63, 3.8) is 0 Å². The molecule has 3 unspecified atom stereocenters. The lowest BCUT2D eigenvalue weighted by Gasteiger charge is -2.45. The molecule has 1 heterocycles. The molecule has 0 N–H and O–H groups in total. The van der Waals surface area contributed by atoms with Crippen LogP contribution in [0.2, 0.25) is 0 Å². The molecule has 2 aliphatic carbocycles. The van der Waals surface area contributed by atoms with Crippen molar-refractivity contribution in [1.82, 2.24) is 0 Å². The molecule has 3 heteroatoms. The number of ether oxygens (including phenoxy) is 2. The maximum Gasteiger partial charge on any atom is 0.133 e. The summed E-state index contributed by atoms with van der Waals surface area (Å²) in [7, 11) is 0. The van der Waals surface area contributed by atoms with E-state index in [1.807, 2.05) is 0 Å². The number of carbonyl (C=O) groups excluding carboxylic acids is 1. The van der Waals surface area contributed by atoms with E-state index in [-0.39, 0.29) is 33.4 Å². The second-order valence-electron chi connectivity index (χ2n) is 10.7. The summed E-state index contributed by atoms with van der Waals surface area (Å²) >= 11 is 0. The fourth-order valence-electron chi connectivity index (χ4n) is 6.64. The van der Waals surface area contributed by atoms with E-state index in [2.05, 4.69) is 48.5 Å². The SMILES string of the molecule is CC1(C)CC(=O)CC(C)(C)CC2(C)C3OCCOC32C(C)(C)C1. The molecule has 0 bridgehead atoms. The Kier molecular flexibility index (Phi) is 3.65. The molecule has 0 amide bonds. The molecule has 3 atom stereocenters. The van der Waals surface area contributed by atoms with Crippen molar-refractivity contribution in [2.45, 2.75) is 85.9 Å². The minimum Gasteiger partial charge on any atom is -0.372 e. The molecule has 1 saturated heterocycles. The first-order valence-corrected chi connectivity index (χ1v) is 9.13. The van der Waals surface area contributed by atoms with Crippen LogP contribution in [0.1, 0.15) is 74.1 Å². The Morgan fingerprint density at radius 3 is 2.04 bits per heavy atom. The van der Waals surface area contributed by atoms with Gasteiger partial charge in [0.05, 0.1) is 19.3 Å². The van der Waals surface area contributed by atoms with Crippen molar-refractivity contribution >= 4 is 5.78 Å². The van der Waals surface area contributed by atoms with Gasteiger partial charge in [0.15, 0.2) is 0 Å². The number of rotatable bonds is 0. The van der Waals surface area contributed by atoms with Crippen LogP contribution in [-0.2, 0) is 14.3 Å². The minimum atomic E-state index is -0.201. The van der Waals surface area contributed by atoms with Crippen molar-refractivity contribution < 1.29 is 14.3 Å². The smallest absolute Gasteiger partial charge is 0.133 e. The molecule has 132 valence electrons. The number of hydrogen-bond acceptors (Lipinski definition) is 3. The van der Waals surface area contributed by atoms with Gasteiger partial charge in [-0.1, -0.05) is 48.5 Å². The van der Waals surface area contributed by atoms with Gasteiger partial charge in [0.2, 0.25) is 0 Å². The molecule has 0 radical (unpaired) electrons. The highest BCUT2D eigenvalue weighted by Crippen LogP contribution is 2.74. The van der Waals surface area contributed by atoms with Crippen LogP contribution in [0.5, 0.6) is 0 Å². The third-order valence-corrected chi connectivity index (χ3v) is 6.53. The highest BCUT2D eigenvalue weighted by molar-refractivity contribution is 5.79. The van der Waals surface area contributed by atoms with Gasteiger partial charge < -0.3 is 9.47 Å². The summed E-state index contributed by atoms with van der Waals surface area (Å²) < 4.78 is 12.7. The zero-order chi connectivity index (χ0) is 17.3. The lowest BCUT2D eigenvalue weighted by Crippen LogP contribution is -2.47. The van der Waals surface area contributed by atoms with Crippen molar-refractivity contribution in [3.05, 3.63) is 0 Å². The number of fused-ring (bicyclic) bond motifs is 1. The van der Waals surface area contributed by atoms with Crippen molar-refractivity contribution in [3.8, 4) is 0 Å². The van der Waals surface area contributed by atoms with Gasteiger partial charge in [0.25, 0.3) is 0 Å². The number of ketones is 1. The molecule has 3 rings (SSSR count). The molecule has 2 saturated carbocycles. The average Bonchev–Trinajstić information content (AvgIpc) is 2.86. The van der Waals surface area contributed by atoms with E-state index < -0.39 is 0 Å². The van der Waals surface area contributed by atoms with E-state index in [9.17, 15) is 4.79 Å². The summed E-state index contributed by atoms with van der Waals surface area (Å²) in [6, 6.07) is 0. The number of hydrogen-bond donors (Lipinski definition) is 0. The highest BCUT2D eigenvalue weighted by atomic mass is 16.6. The van der Waals surface area contributed by atoms with Crippen LogP contribution in [0, 0.1) is 21.7 Å². The van der Waals surface area contributed by atoms with Crippen LogP contribution >= 0.6 is 0 Å². The first-order chi connectivity index (χ1) is 10.4. The van der Waals surface area contributed by atoms with Gasteiger partial charge in [0.1, 0.15) is 11.4 Å². The largest absolute Gasteiger partial charge is 0.372 e. The molecule has 0 aromatic carbocycles. The molecule has 23 heavy (non-hydrogen) atoms. The van der Waals surface area contributed by atoms with Crippen molar-refractivity contribution in [2.75, 3.05) is 13.2 Å². The molecule has 3 aliphatic rings. The highest BCUT2D eigenvalue weighted by Gasteiger charge is 2.82. The van der Waals surface area contributed by atoms with Gasteiger partial charge in [-0.15, -0.1) is 0 Å². The Morgan fingerprint density at radius 2 is 1.43 bits per heavy atom. The molecule has 1 spiro atoms. The summed E-state index contributed by atoms with van der Waals surface area (Å²) in [5.74, 6) is 0.404. The third kappa shape index (κ3) is 2.50. The molecule has 1 aliphatic heterocycles. The summed E-state index contributed by atoms with van der Waals surface area (Å²) in [6.45, 7) is 17.3. The van der Waals surface area contributed by atoms with Gasteiger partial charge in [0, 0.05) is 18.3 Å². The molecule has 3 nitrogen and oxygen atoms in total. The summed E-state index contributed by atoms with van der Waals surface area (Å²) in [6.07, 6.45) is 3.47. The lowest BCUT2D eigenvalue weighted by atomic mass is 9.63. The standard InChI is InChI=1S/C20H34O3/c1-16(2)10-14(21)11-17(3,4)13-19(7)15-20(19,18(5,6)12-16)23-9-8-22-15/h15H,8-13H2,1-7H3. The quantitative estimate of drug-likeness (QED) is 0.664. The fourth-order valence-corrected chi connectivity index (χ4v) is 6.64. The minimum absolute atomic E-state index is 0.00237. The third-order valence-electron chi connectivity index (χ3n) is 6.53. The first-order valence-electron chi connectivity index (χ1n) is 9.13.